The van der Waals surface area contributed by atoms with Crippen molar-refractivity contribution in [1.29, 1.82) is 10.7 Å². The smallest absolute Gasteiger partial charge is 0.124 e. The van der Waals surface area contributed by atoms with Gasteiger partial charge >= 0.3 is 0 Å². The maximum Gasteiger partial charge on any atom is 0.124 e. The number of nitriles is 1. The summed E-state index contributed by atoms with van der Waals surface area (Å²) in [6.07, 6.45) is 13.9. The van der Waals surface area contributed by atoms with Gasteiger partial charge in [0.15, 0.2) is 0 Å². The van der Waals surface area contributed by atoms with Crippen LogP contribution in [0.5, 0.6) is 0 Å². The van der Waals surface area contributed by atoms with Gasteiger partial charge in [-0.05, 0) is 36.3 Å². The van der Waals surface area contributed by atoms with Gasteiger partial charge < -0.3 is 5.73 Å². The summed E-state index contributed by atoms with van der Waals surface area (Å²) < 4.78 is 0. The van der Waals surface area contributed by atoms with Crippen molar-refractivity contribution in [3.8, 4) is 6.07 Å². The van der Waals surface area contributed by atoms with Crippen LogP contribution in [0.4, 0.5) is 0 Å². The SMILES string of the molecule is C=C\C(=C/C=C\N=C\C=C(N)\N=C/C(=N)c1ncccc1C#N)CC. The van der Waals surface area contributed by atoms with E-state index in [1.165, 1.54) is 24.7 Å². The normalized spacial score (nSPS) is 12.8. The molecule has 3 N–H and O–H groups in total. The molecule has 0 saturated carbocycles. The maximum atomic E-state index is 9.00. The quantitative estimate of drug-likeness (QED) is 0.562. The monoisotopic (exact) mass is 332 g/mol. The molecule has 6 heteroatoms. The number of hydrogen-bond acceptors (Lipinski definition) is 6. The number of nitrogens with zero attached hydrogens (tertiary/aromatic N) is 4. The predicted octanol–water partition coefficient (Wildman–Crippen LogP) is 3.30. The molecule has 25 heavy (non-hydrogen) atoms. The molecule has 126 valence electrons. The molecule has 0 aliphatic heterocycles. The lowest BCUT2D eigenvalue weighted by Gasteiger charge is -1.99. The molecular formula is C19H20N6. The molecule has 0 unspecified atom stereocenters. The summed E-state index contributed by atoms with van der Waals surface area (Å²) >= 11 is 0. The van der Waals surface area contributed by atoms with Crippen LogP contribution in [0.2, 0.25) is 0 Å². The zero-order valence-corrected chi connectivity index (χ0v) is 14.1. The summed E-state index contributed by atoms with van der Waals surface area (Å²) in [6, 6.07) is 5.21. The highest BCUT2D eigenvalue weighted by Crippen LogP contribution is 2.03. The molecular weight excluding hydrogens is 312 g/mol. The Kier molecular flexibility index (Phi) is 8.58. The van der Waals surface area contributed by atoms with Crippen molar-refractivity contribution in [2.75, 3.05) is 0 Å². The van der Waals surface area contributed by atoms with E-state index in [1.54, 1.807) is 24.4 Å². The third-order valence-corrected chi connectivity index (χ3v) is 3.01. The second-order valence-corrected chi connectivity index (χ2v) is 4.71. The Labute approximate surface area is 147 Å². The minimum Gasteiger partial charge on any atom is -0.384 e. The van der Waals surface area contributed by atoms with Crippen LogP contribution in [0.1, 0.15) is 24.6 Å². The van der Waals surface area contributed by atoms with Crippen molar-refractivity contribution in [3.63, 3.8) is 0 Å². The number of rotatable bonds is 8. The van der Waals surface area contributed by atoms with Gasteiger partial charge in [0.2, 0.25) is 0 Å². The van der Waals surface area contributed by atoms with Crippen LogP contribution in [0, 0.1) is 16.7 Å². The average Bonchev–Trinajstić information content (AvgIpc) is 2.65. The largest absolute Gasteiger partial charge is 0.384 e. The predicted molar refractivity (Wildman–Crippen MR) is 103 cm³/mol. The minimum absolute atomic E-state index is 0.00647. The van der Waals surface area contributed by atoms with Gasteiger partial charge in [-0.15, -0.1) is 0 Å². The van der Waals surface area contributed by atoms with Crippen molar-refractivity contribution >= 4 is 18.1 Å². The molecule has 0 amide bonds. The molecule has 1 rings (SSSR count). The maximum absolute atomic E-state index is 9.00. The van der Waals surface area contributed by atoms with E-state index >= 15 is 0 Å². The lowest BCUT2D eigenvalue weighted by Crippen LogP contribution is -2.07. The Bertz CT molecular complexity index is 803. The van der Waals surface area contributed by atoms with E-state index in [0.717, 1.165) is 12.0 Å². The lowest BCUT2D eigenvalue weighted by atomic mass is 10.1. The van der Waals surface area contributed by atoms with Crippen LogP contribution in [0.25, 0.3) is 0 Å². The Morgan fingerprint density at radius 3 is 2.96 bits per heavy atom. The molecule has 0 bridgehead atoms. The highest BCUT2D eigenvalue weighted by Gasteiger charge is 2.06. The molecule has 0 aliphatic carbocycles. The van der Waals surface area contributed by atoms with E-state index in [9.17, 15) is 0 Å². The molecule has 1 aromatic rings. The van der Waals surface area contributed by atoms with Gasteiger partial charge in [-0.2, -0.15) is 5.26 Å². The summed E-state index contributed by atoms with van der Waals surface area (Å²) in [7, 11) is 0. The standard InChI is InChI=1S/C19H20N6/c1-3-15(4-2)7-5-10-23-12-9-18(22)25-14-17(21)19-16(13-20)8-6-11-24-19/h3,5-12,14,21H,1,4,22H2,2H3/b10-5-,15-7+,18-9+,21-17?,23-12+,25-14-. The summed E-state index contributed by atoms with van der Waals surface area (Å²) in [4.78, 5) is 12.0. The Morgan fingerprint density at radius 2 is 2.28 bits per heavy atom. The molecule has 1 aromatic heterocycles. The lowest BCUT2D eigenvalue weighted by molar-refractivity contribution is 1.15. The number of aliphatic imine (C=N–C) groups is 2. The third-order valence-electron chi connectivity index (χ3n) is 3.01. The van der Waals surface area contributed by atoms with E-state index in [2.05, 4.69) is 21.5 Å². The average molecular weight is 332 g/mol. The minimum atomic E-state index is 0.00647. The molecule has 0 saturated heterocycles. The first kappa shape index (κ1) is 19.5. The van der Waals surface area contributed by atoms with E-state index in [-0.39, 0.29) is 17.2 Å². The Morgan fingerprint density at radius 1 is 1.48 bits per heavy atom. The summed E-state index contributed by atoms with van der Waals surface area (Å²) in [5.41, 5.74) is 7.42. The number of allylic oxidation sites excluding steroid dienone is 5. The number of nitrogens with two attached hydrogens (primary N) is 1. The molecule has 0 fully saturated rings. The second-order valence-electron chi connectivity index (χ2n) is 4.71. The summed E-state index contributed by atoms with van der Waals surface area (Å²) in [5, 5.41) is 16.9. The second kappa shape index (κ2) is 11.0. The van der Waals surface area contributed by atoms with Gasteiger partial charge in [0, 0.05) is 18.6 Å². The van der Waals surface area contributed by atoms with Crippen LogP contribution in [-0.2, 0) is 0 Å². The summed E-state index contributed by atoms with van der Waals surface area (Å²) in [5.74, 6) is 0.187. The van der Waals surface area contributed by atoms with Crippen LogP contribution >= 0.6 is 0 Å². The van der Waals surface area contributed by atoms with Crippen molar-refractivity contribution in [2.24, 2.45) is 15.7 Å². The van der Waals surface area contributed by atoms with Crippen LogP contribution < -0.4 is 5.73 Å². The molecule has 0 atom stereocenters. The number of pyridine rings is 1. The molecule has 1 heterocycles. The van der Waals surface area contributed by atoms with Crippen LogP contribution in [-0.4, -0.2) is 23.1 Å². The van der Waals surface area contributed by atoms with Gasteiger partial charge in [0.1, 0.15) is 17.6 Å². The first-order valence-corrected chi connectivity index (χ1v) is 7.57. The highest BCUT2D eigenvalue weighted by molar-refractivity contribution is 6.36. The van der Waals surface area contributed by atoms with E-state index in [4.69, 9.17) is 16.4 Å². The zero-order chi connectivity index (χ0) is 18.5. The highest BCUT2D eigenvalue weighted by atomic mass is 14.9. The summed E-state index contributed by atoms with van der Waals surface area (Å²) in [6.45, 7) is 5.77. The van der Waals surface area contributed by atoms with Crippen molar-refractivity contribution in [1.82, 2.24) is 4.98 Å². The molecule has 0 aromatic carbocycles. The van der Waals surface area contributed by atoms with Crippen molar-refractivity contribution in [2.45, 2.75) is 13.3 Å². The number of hydrogen-bond donors (Lipinski definition) is 2. The molecule has 0 aliphatic rings. The molecule has 0 spiro atoms. The fourth-order valence-corrected chi connectivity index (χ4v) is 1.67. The van der Waals surface area contributed by atoms with Crippen molar-refractivity contribution in [3.05, 3.63) is 78.1 Å². The Hall–Kier alpha value is -3.59. The topological polar surface area (TPSA) is 111 Å². The third kappa shape index (κ3) is 7.01. The van der Waals surface area contributed by atoms with Gasteiger partial charge in [-0.3, -0.25) is 15.4 Å². The first-order valence-electron chi connectivity index (χ1n) is 7.57. The van der Waals surface area contributed by atoms with Gasteiger partial charge in [0.05, 0.1) is 17.5 Å². The van der Waals surface area contributed by atoms with E-state index < -0.39 is 0 Å². The Balaban J connectivity index is 2.67. The van der Waals surface area contributed by atoms with Crippen LogP contribution in [0.3, 0.4) is 0 Å². The first-order chi connectivity index (χ1) is 12.1. The van der Waals surface area contributed by atoms with Crippen molar-refractivity contribution < 1.29 is 0 Å². The van der Waals surface area contributed by atoms with Gasteiger partial charge in [0.25, 0.3) is 0 Å². The number of nitrogens with one attached hydrogen (secondary N) is 1. The van der Waals surface area contributed by atoms with E-state index in [0.29, 0.717) is 5.56 Å². The van der Waals surface area contributed by atoms with Gasteiger partial charge in [-0.1, -0.05) is 25.7 Å². The fourth-order valence-electron chi connectivity index (χ4n) is 1.67. The number of aromatic nitrogens is 1. The van der Waals surface area contributed by atoms with Crippen LogP contribution in [0.15, 0.2) is 76.8 Å². The molecule has 0 radical (unpaired) electrons. The zero-order valence-electron chi connectivity index (χ0n) is 14.1. The van der Waals surface area contributed by atoms with E-state index in [1.807, 2.05) is 25.1 Å². The molecule has 6 nitrogen and oxygen atoms in total. The fraction of sp³-hybridized carbons (Fsp3) is 0.105. The van der Waals surface area contributed by atoms with Gasteiger partial charge in [-0.25, -0.2) is 4.99 Å².